The first kappa shape index (κ1) is 22.9. The molecule has 0 amide bonds. The molecule has 0 heterocycles. The van der Waals surface area contributed by atoms with Crippen LogP contribution in [-0.4, -0.2) is 0 Å². The molecule has 0 nitrogen and oxygen atoms in total. The van der Waals surface area contributed by atoms with Gasteiger partial charge in [0.05, 0.1) is 0 Å². The molecule has 0 atom stereocenters. The predicted molar refractivity (Wildman–Crippen MR) is 184 cm³/mol. The van der Waals surface area contributed by atoms with E-state index in [2.05, 4.69) is 125 Å². The molecule has 0 heteroatoms. The third-order valence-electron chi connectivity index (χ3n) is 10.4. The lowest BCUT2D eigenvalue weighted by Crippen LogP contribution is -2.01. The number of fused-ring (bicyclic) bond motifs is 6. The minimum atomic E-state index is 0.424. The summed E-state index contributed by atoms with van der Waals surface area (Å²) in [7, 11) is 0. The van der Waals surface area contributed by atoms with Crippen molar-refractivity contribution < 1.29 is 0 Å². The van der Waals surface area contributed by atoms with Crippen molar-refractivity contribution in [2.45, 2.75) is 39.5 Å². The molecule has 0 N–H and O–H groups in total. The van der Waals surface area contributed by atoms with Crippen molar-refractivity contribution in [3.8, 4) is 22.3 Å². The largest absolute Gasteiger partial charge is 0.0616 e. The molecule has 9 aromatic carbocycles. The van der Waals surface area contributed by atoms with Gasteiger partial charge in [-0.15, -0.1) is 0 Å². The van der Waals surface area contributed by atoms with Gasteiger partial charge in [-0.3, -0.25) is 0 Å². The predicted octanol–water partition coefficient (Wildman–Crippen LogP) is 12.5. The third-order valence-corrected chi connectivity index (χ3v) is 10.4. The Balaban J connectivity index is 1.47. The number of hydrogen-bond donors (Lipinski definition) is 0. The van der Waals surface area contributed by atoms with E-state index in [9.17, 15) is 0 Å². The van der Waals surface area contributed by atoms with Crippen molar-refractivity contribution in [2.24, 2.45) is 0 Å². The maximum atomic E-state index is 2.47. The van der Waals surface area contributed by atoms with Crippen LogP contribution in [0.3, 0.4) is 0 Å². The summed E-state index contributed by atoms with van der Waals surface area (Å²) in [4.78, 5) is 0. The molecule has 42 heavy (non-hydrogen) atoms. The van der Waals surface area contributed by atoms with E-state index in [-0.39, 0.29) is 0 Å². The van der Waals surface area contributed by atoms with Crippen molar-refractivity contribution in [2.75, 3.05) is 0 Å². The van der Waals surface area contributed by atoms with Crippen LogP contribution in [-0.2, 0) is 0 Å². The van der Waals surface area contributed by atoms with Crippen LogP contribution in [0.2, 0.25) is 0 Å². The zero-order valence-corrected chi connectivity index (χ0v) is 24.4. The molecule has 0 radical (unpaired) electrons. The second kappa shape index (κ2) is 7.58. The van der Waals surface area contributed by atoms with Gasteiger partial charge in [-0.2, -0.15) is 0 Å². The quantitative estimate of drug-likeness (QED) is 0.153. The highest BCUT2D eigenvalue weighted by Crippen LogP contribution is 2.58. The van der Waals surface area contributed by atoms with E-state index < -0.39 is 0 Å². The lowest BCUT2D eigenvalue weighted by molar-refractivity contribution is 0.864. The summed E-state index contributed by atoms with van der Waals surface area (Å²) in [6.07, 6.45) is 0. The number of rotatable bonds is 2. The van der Waals surface area contributed by atoms with E-state index in [1.165, 1.54) is 109 Å². The fourth-order valence-corrected chi connectivity index (χ4v) is 8.90. The number of benzene rings is 9. The van der Waals surface area contributed by atoms with Crippen LogP contribution in [0.4, 0.5) is 0 Å². The highest BCUT2D eigenvalue weighted by Gasteiger charge is 2.32. The van der Waals surface area contributed by atoms with Crippen LogP contribution in [0.25, 0.3) is 97.7 Å². The summed E-state index contributed by atoms with van der Waals surface area (Å²) in [5.74, 6) is 0.849. The summed E-state index contributed by atoms with van der Waals surface area (Å²) in [6.45, 7) is 9.47. The van der Waals surface area contributed by atoms with Gasteiger partial charge in [0, 0.05) is 0 Å². The van der Waals surface area contributed by atoms with Crippen LogP contribution in [0.5, 0.6) is 0 Å². The van der Waals surface area contributed by atoms with Crippen LogP contribution < -0.4 is 0 Å². The lowest BCUT2D eigenvalue weighted by atomic mass is 9.80. The molecule has 0 fully saturated rings. The Kier molecular flexibility index (Phi) is 4.14. The first-order valence-electron chi connectivity index (χ1n) is 15.4. The van der Waals surface area contributed by atoms with Gasteiger partial charge < -0.3 is 0 Å². The van der Waals surface area contributed by atoms with Crippen molar-refractivity contribution in [1.29, 1.82) is 0 Å². The summed E-state index contributed by atoms with van der Waals surface area (Å²) in [5, 5.41) is 19.5. The highest BCUT2D eigenvalue weighted by atomic mass is 14.3. The van der Waals surface area contributed by atoms with Gasteiger partial charge in [0.2, 0.25) is 0 Å². The Morgan fingerprint density at radius 1 is 0.357 bits per heavy atom. The molecule has 1 aliphatic carbocycles. The summed E-state index contributed by atoms with van der Waals surface area (Å²) < 4.78 is 0. The van der Waals surface area contributed by atoms with Gasteiger partial charge in [-0.1, -0.05) is 119 Å². The lowest BCUT2D eigenvalue weighted by Gasteiger charge is -2.23. The maximum Gasteiger partial charge on any atom is -0.00137 e. The Hall–Kier alpha value is -4.68. The van der Waals surface area contributed by atoms with E-state index in [1.54, 1.807) is 0 Å². The normalized spacial score (nSPS) is 13.2. The Morgan fingerprint density at radius 2 is 0.857 bits per heavy atom. The second-order valence-corrected chi connectivity index (χ2v) is 13.2. The van der Waals surface area contributed by atoms with Crippen LogP contribution >= 0.6 is 0 Å². The van der Waals surface area contributed by atoms with Crippen molar-refractivity contribution in [3.05, 3.63) is 108 Å². The average Bonchev–Trinajstić information content (AvgIpc) is 3.33. The van der Waals surface area contributed by atoms with Gasteiger partial charge >= 0.3 is 0 Å². The zero-order valence-electron chi connectivity index (χ0n) is 24.4. The summed E-state index contributed by atoms with van der Waals surface area (Å²) >= 11 is 0. The first-order valence-corrected chi connectivity index (χ1v) is 15.4. The van der Waals surface area contributed by atoms with Gasteiger partial charge in [-0.05, 0) is 127 Å². The highest BCUT2D eigenvalue weighted by molar-refractivity contribution is 6.42. The monoisotopic (exact) mass is 534 g/mol. The molecular formula is C42H30. The van der Waals surface area contributed by atoms with Gasteiger partial charge in [0.25, 0.3) is 0 Å². The Morgan fingerprint density at radius 3 is 1.48 bits per heavy atom. The van der Waals surface area contributed by atoms with Crippen LogP contribution in [0, 0.1) is 0 Å². The van der Waals surface area contributed by atoms with Gasteiger partial charge in [0.15, 0.2) is 0 Å². The van der Waals surface area contributed by atoms with Gasteiger partial charge in [-0.25, -0.2) is 0 Å². The molecule has 0 aliphatic heterocycles. The standard InChI is InChI=1S/C42H30/c1-21(2)34-26-10-5-6-11-27(26)35(22(3)4)42-32-19-17-30-33-20-25-9-7-8-23-12-13-24-14-15-28(39(33)37(24)36(23)25)29-16-18-31(41(34)42)40(32)38(29)30/h5-22H,1-4H3. The van der Waals surface area contributed by atoms with E-state index in [0.717, 1.165) is 0 Å². The first-order chi connectivity index (χ1) is 20.5. The SMILES string of the molecule is CC(C)c1c2c(c(C(C)C)c3ccccc13)-c1ccc3c4cc5cccc6ccc7ccc(c8ccc-2c1c83)c4c7c65. The summed E-state index contributed by atoms with van der Waals surface area (Å²) in [5.41, 5.74) is 8.77. The molecule has 9 aromatic rings. The van der Waals surface area contributed by atoms with E-state index in [1.807, 2.05) is 0 Å². The number of hydrogen-bond acceptors (Lipinski definition) is 0. The topological polar surface area (TPSA) is 0 Å². The minimum absolute atomic E-state index is 0.424. The Labute approximate surface area is 244 Å². The second-order valence-electron chi connectivity index (χ2n) is 13.2. The average molecular weight is 535 g/mol. The fraction of sp³-hybridized carbons (Fsp3) is 0.143. The molecule has 1 aliphatic rings. The smallest absolute Gasteiger partial charge is 0.00137 e. The van der Waals surface area contributed by atoms with Crippen LogP contribution in [0.15, 0.2) is 97.1 Å². The minimum Gasteiger partial charge on any atom is -0.0616 e. The van der Waals surface area contributed by atoms with Gasteiger partial charge in [0.1, 0.15) is 0 Å². The zero-order chi connectivity index (χ0) is 28.0. The molecule has 0 saturated heterocycles. The van der Waals surface area contributed by atoms with E-state index >= 15 is 0 Å². The molecule has 0 saturated carbocycles. The molecule has 0 unspecified atom stereocenters. The maximum absolute atomic E-state index is 2.47. The molecule has 0 bridgehead atoms. The van der Waals surface area contributed by atoms with Crippen molar-refractivity contribution in [3.63, 3.8) is 0 Å². The van der Waals surface area contributed by atoms with Crippen molar-refractivity contribution >= 4 is 75.4 Å². The fourth-order valence-electron chi connectivity index (χ4n) is 8.90. The Bertz CT molecular complexity index is 2550. The molecule has 0 aromatic heterocycles. The third kappa shape index (κ3) is 2.53. The van der Waals surface area contributed by atoms with E-state index in [0.29, 0.717) is 11.8 Å². The van der Waals surface area contributed by atoms with Crippen LogP contribution in [0.1, 0.15) is 50.7 Å². The van der Waals surface area contributed by atoms with Crippen molar-refractivity contribution in [1.82, 2.24) is 0 Å². The summed E-state index contributed by atoms with van der Waals surface area (Å²) in [6, 6.07) is 37.5. The molecule has 10 rings (SSSR count). The molecular weight excluding hydrogens is 504 g/mol. The molecule has 0 spiro atoms. The molecule has 198 valence electrons. The van der Waals surface area contributed by atoms with E-state index in [4.69, 9.17) is 0 Å².